The Balaban J connectivity index is 0.000000148. The molecule has 0 amide bonds. The average molecular weight is 1040 g/mol. The third-order valence-electron chi connectivity index (χ3n) is 13.4. The molecule has 0 saturated heterocycles. The van der Waals surface area contributed by atoms with E-state index >= 15 is 0 Å². The summed E-state index contributed by atoms with van der Waals surface area (Å²) in [5.74, 6) is 0.866. The van der Waals surface area contributed by atoms with E-state index in [4.69, 9.17) is 22.4 Å². The summed E-state index contributed by atoms with van der Waals surface area (Å²) in [5.41, 5.74) is 15.6. The Hall–Kier alpha value is -6.02. The fourth-order valence-corrected chi connectivity index (χ4v) is 17.0. The Morgan fingerprint density at radius 1 is 0.533 bits per heavy atom. The van der Waals surface area contributed by atoms with E-state index in [1.54, 1.807) is 31.9 Å². The number of hydrogen-bond acceptors (Lipinski definition) is 5. The number of nitrogens with two attached hydrogens (primary N) is 1. The number of rotatable bonds is 5. The summed E-state index contributed by atoms with van der Waals surface area (Å²) in [7, 11) is -0.184. The van der Waals surface area contributed by atoms with E-state index < -0.39 is 5.60 Å². The molecule has 8 aromatic carbocycles. The van der Waals surface area contributed by atoms with Gasteiger partial charge in [-0.25, -0.2) is 9.36 Å². The second kappa shape index (κ2) is 23.9. The van der Waals surface area contributed by atoms with Gasteiger partial charge in [-0.15, -0.1) is 10.7 Å². The Morgan fingerprint density at radius 2 is 0.933 bits per heavy atom. The molecule has 3 atom stereocenters. The SMILES string of the molecule is CC(C)(C)P1C(C)(C)c2ccccc2C2(c3ccccc3)CC12C.CC(C)(C)[O-].Clc1nn(-c2ccccc2)c2ccccc12.Nc1ccccc1.[Na+].c1ccc(Nc2nn(-c3ccccc3)c3ccccc23)cc1. The van der Waals surface area contributed by atoms with Crippen molar-refractivity contribution in [2.45, 2.75) is 95.2 Å². The molecule has 75 heavy (non-hydrogen) atoms. The van der Waals surface area contributed by atoms with Gasteiger partial charge < -0.3 is 16.2 Å². The number of anilines is 3. The summed E-state index contributed by atoms with van der Waals surface area (Å²) in [6.45, 7) is 19.9. The topological polar surface area (TPSA) is 96.8 Å². The van der Waals surface area contributed by atoms with E-state index in [1.807, 2.05) is 155 Å². The van der Waals surface area contributed by atoms with Gasteiger partial charge in [0.15, 0.2) is 11.0 Å². The Labute approximate surface area is 473 Å². The minimum atomic E-state index is -0.750. The van der Waals surface area contributed by atoms with E-state index in [-0.39, 0.29) is 48.0 Å². The van der Waals surface area contributed by atoms with Gasteiger partial charge in [-0.2, -0.15) is 5.10 Å². The zero-order valence-corrected chi connectivity index (χ0v) is 48.8. The van der Waals surface area contributed by atoms with Gasteiger partial charge in [0.05, 0.1) is 22.4 Å². The summed E-state index contributed by atoms with van der Waals surface area (Å²) >= 11 is 6.10. The first-order valence-corrected chi connectivity index (χ1v) is 27.1. The largest absolute Gasteiger partial charge is 1.00 e. The quantitative estimate of drug-likeness (QED) is 0.102. The van der Waals surface area contributed by atoms with E-state index in [1.165, 1.54) is 12.0 Å². The molecular formula is C65H69ClN6NaOP. The van der Waals surface area contributed by atoms with Crippen molar-refractivity contribution in [3.05, 3.63) is 246 Å². The number of aromatic nitrogens is 4. The molecule has 0 spiro atoms. The third-order valence-corrected chi connectivity index (χ3v) is 17.9. The fraction of sp³-hybridized carbons (Fsp3) is 0.231. The van der Waals surface area contributed by atoms with Crippen LogP contribution in [0.5, 0.6) is 0 Å². The van der Waals surface area contributed by atoms with Crippen molar-refractivity contribution in [2.24, 2.45) is 0 Å². The molecule has 0 radical (unpaired) electrons. The summed E-state index contributed by atoms with van der Waals surface area (Å²) in [6.07, 6.45) is 1.30. The number of benzene rings is 8. The van der Waals surface area contributed by atoms with Crippen LogP contribution in [0.3, 0.4) is 0 Å². The number of para-hydroxylation sites is 6. The second-order valence-electron chi connectivity index (χ2n) is 21.5. The number of halogens is 1. The van der Waals surface area contributed by atoms with Gasteiger partial charge in [-0.1, -0.05) is 233 Å². The van der Waals surface area contributed by atoms with Gasteiger partial charge in [0.2, 0.25) is 0 Å². The van der Waals surface area contributed by atoms with Crippen LogP contribution in [0.1, 0.15) is 85.4 Å². The van der Waals surface area contributed by atoms with E-state index in [9.17, 15) is 5.11 Å². The summed E-state index contributed by atoms with van der Waals surface area (Å²) in [5, 5.41) is 26.2. The molecule has 2 aromatic heterocycles. The van der Waals surface area contributed by atoms with Crippen molar-refractivity contribution in [1.29, 1.82) is 0 Å². The molecule has 3 heterocycles. The van der Waals surface area contributed by atoms with E-state index in [0.29, 0.717) is 15.5 Å². The van der Waals surface area contributed by atoms with Crippen molar-refractivity contribution in [3.63, 3.8) is 0 Å². The fourth-order valence-electron chi connectivity index (χ4n) is 11.0. The summed E-state index contributed by atoms with van der Waals surface area (Å²) in [6, 6.07) is 76.5. The van der Waals surface area contributed by atoms with Crippen LogP contribution in [-0.2, 0) is 10.6 Å². The van der Waals surface area contributed by atoms with Gasteiger partial charge in [-0.3, -0.25) is 0 Å². The van der Waals surface area contributed by atoms with Gasteiger partial charge in [-0.05, 0) is 101 Å². The van der Waals surface area contributed by atoms with Crippen LogP contribution in [0, 0.1) is 0 Å². The summed E-state index contributed by atoms with van der Waals surface area (Å²) < 4.78 is 3.83. The molecule has 3 N–H and O–H groups in total. The molecule has 2 aliphatic rings. The first kappa shape index (κ1) is 56.7. The molecule has 12 rings (SSSR count). The number of nitrogen functional groups attached to an aromatic ring is 1. The molecule has 0 bridgehead atoms. The number of nitrogens with one attached hydrogen (secondary N) is 1. The van der Waals surface area contributed by atoms with Crippen LogP contribution >= 0.6 is 19.5 Å². The van der Waals surface area contributed by atoms with Crippen LogP contribution in [0.25, 0.3) is 33.2 Å². The maximum absolute atomic E-state index is 10.1. The van der Waals surface area contributed by atoms with Crippen molar-refractivity contribution in [3.8, 4) is 11.4 Å². The molecule has 3 unspecified atom stereocenters. The van der Waals surface area contributed by atoms with Gasteiger partial charge in [0.25, 0.3) is 0 Å². The van der Waals surface area contributed by atoms with Gasteiger partial charge in [0.1, 0.15) is 0 Å². The minimum Gasteiger partial charge on any atom is -0.850 e. The normalized spacial score (nSPS) is 17.8. The van der Waals surface area contributed by atoms with E-state index in [2.05, 4.69) is 131 Å². The van der Waals surface area contributed by atoms with Crippen LogP contribution in [-0.4, -0.2) is 35.5 Å². The predicted molar refractivity (Wildman–Crippen MR) is 314 cm³/mol. The van der Waals surface area contributed by atoms with Crippen LogP contribution in [0.2, 0.25) is 5.15 Å². The molecule has 10 aromatic rings. The van der Waals surface area contributed by atoms with Crippen molar-refractivity contribution in [2.75, 3.05) is 11.1 Å². The zero-order valence-electron chi connectivity index (χ0n) is 45.2. The van der Waals surface area contributed by atoms with Crippen molar-refractivity contribution < 1.29 is 34.7 Å². The predicted octanol–water partition coefficient (Wildman–Crippen LogP) is 13.5. The molecule has 378 valence electrons. The number of nitrogens with zero attached hydrogens (tertiary/aromatic N) is 4. The van der Waals surface area contributed by atoms with Crippen LogP contribution in [0.15, 0.2) is 224 Å². The third kappa shape index (κ3) is 12.8. The molecule has 7 nitrogen and oxygen atoms in total. The van der Waals surface area contributed by atoms with Crippen LogP contribution < -0.4 is 45.7 Å². The number of hydrogen-bond donors (Lipinski definition) is 2. The standard InChI is InChI=1S/C23H29P.C19H15N3.C13H9ClN2.C6H7N.C4H9O.Na/c1-20(2,3)24-21(4,5)18-14-10-11-15-19(18)23(16-22(23,24)6)17-12-8-7-9-13-17;1-3-9-15(10-4-1)20-19-17-13-7-8-14-18(17)22(21-19)16-11-5-2-6-12-16;14-13-11-8-4-5-9-12(11)16(15-13)10-6-2-1-3-7-10;7-6-4-2-1-3-5-6;1-4(2,3)5;/h7-15H,16H2,1-6H3;1-14H,(H,20,21);1-9H;1-5H,7H2;1-3H3;/q;;;;-1;+1. The first-order chi connectivity index (χ1) is 35.3. The molecule has 10 heteroatoms. The average Bonchev–Trinajstić information content (AvgIpc) is 3.94. The van der Waals surface area contributed by atoms with Gasteiger partial charge >= 0.3 is 29.6 Å². The van der Waals surface area contributed by atoms with Crippen LogP contribution in [0.4, 0.5) is 17.2 Å². The Morgan fingerprint density at radius 3 is 1.43 bits per heavy atom. The minimum absolute atomic E-state index is 0. The Kier molecular flexibility index (Phi) is 18.1. The van der Waals surface area contributed by atoms with Gasteiger partial charge in [0, 0.05) is 37.9 Å². The molecule has 1 aliphatic heterocycles. The molecule has 1 fully saturated rings. The Bertz CT molecular complexity index is 3390. The van der Waals surface area contributed by atoms with Crippen molar-refractivity contribution >= 4 is 58.5 Å². The smallest absolute Gasteiger partial charge is 0.850 e. The van der Waals surface area contributed by atoms with Crippen molar-refractivity contribution in [1.82, 2.24) is 19.6 Å². The number of fused-ring (bicyclic) bond motifs is 5. The maximum atomic E-state index is 10.1. The van der Waals surface area contributed by atoms with E-state index in [0.717, 1.165) is 50.4 Å². The molecule has 1 aliphatic carbocycles. The zero-order chi connectivity index (χ0) is 52.7. The molecule has 1 saturated carbocycles. The summed E-state index contributed by atoms with van der Waals surface area (Å²) in [4.78, 5) is 0. The molecular weight excluding hydrogens is 970 g/mol. The monoisotopic (exact) mass is 1040 g/mol. The maximum Gasteiger partial charge on any atom is 1.00 e. The first-order valence-electron chi connectivity index (χ1n) is 25.3. The second-order valence-corrected chi connectivity index (χ2v) is 26.0.